The number of guanidine groups is 1. The van der Waals surface area contributed by atoms with Crippen LogP contribution in [0.4, 0.5) is 0 Å². The van der Waals surface area contributed by atoms with Gasteiger partial charge in [0.25, 0.3) is 0 Å². The van der Waals surface area contributed by atoms with E-state index < -0.39 is 0 Å². The molecule has 1 unspecified atom stereocenters. The lowest BCUT2D eigenvalue weighted by molar-refractivity contribution is 0.485. The van der Waals surface area contributed by atoms with Crippen molar-refractivity contribution >= 4 is 5.96 Å². The minimum atomic E-state index is 0.547. The molecule has 1 aliphatic rings. The van der Waals surface area contributed by atoms with Crippen LogP contribution in [0.1, 0.15) is 30.7 Å². The summed E-state index contributed by atoms with van der Waals surface area (Å²) in [6, 6.07) is 10.7. The summed E-state index contributed by atoms with van der Waals surface area (Å²) in [6.45, 7) is 5.55. The third-order valence-corrected chi connectivity index (χ3v) is 4.27. The lowest BCUT2D eigenvalue weighted by Gasteiger charge is -2.21. The van der Waals surface area contributed by atoms with Crippen molar-refractivity contribution in [1.82, 2.24) is 25.0 Å². The van der Waals surface area contributed by atoms with Gasteiger partial charge in [-0.2, -0.15) is 0 Å². The Hall–Kier alpha value is -2.37. The van der Waals surface area contributed by atoms with Crippen LogP contribution < -0.4 is 5.32 Å². The van der Waals surface area contributed by atoms with E-state index in [1.165, 1.54) is 12.0 Å². The van der Waals surface area contributed by atoms with Crippen LogP contribution in [0.15, 0.2) is 41.7 Å². The molecule has 2 aromatic rings. The predicted octanol–water partition coefficient (Wildman–Crippen LogP) is 1.77. The first-order valence-electron chi connectivity index (χ1n) is 8.19. The molecule has 0 saturated carbocycles. The maximum absolute atomic E-state index is 4.74. The van der Waals surface area contributed by atoms with E-state index >= 15 is 0 Å². The highest BCUT2D eigenvalue weighted by molar-refractivity contribution is 5.80. The van der Waals surface area contributed by atoms with Gasteiger partial charge in [0.1, 0.15) is 12.9 Å². The minimum Gasteiger partial charge on any atom is -0.357 e. The van der Waals surface area contributed by atoms with Gasteiger partial charge in [0.15, 0.2) is 11.8 Å². The summed E-state index contributed by atoms with van der Waals surface area (Å²) in [5.41, 5.74) is 1.42. The van der Waals surface area contributed by atoms with Crippen LogP contribution in [-0.2, 0) is 13.6 Å². The second-order valence-corrected chi connectivity index (χ2v) is 5.87. The van der Waals surface area contributed by atoms with Gasteiger partial charge in [-0.3, -0.25) is 0 Å². The van der Waals surface area contributed by atoms with Crippen LogP contribution in [0.2, 0.25) is 0 Å². The summed E-state index contributed by atoms with van der Waals surface area (Å²) >= 11 is 0. The first-order chi connectivity index (χ1) is 11.3. The highest BCUT2D eigenvalue weighted by atomic mass is 15.3. The molecule has 0 spiro atoms. The first kappa shape index (κ1) is 15.5. The van der Waals surface area contributed by atoms with Crippen LogP contribution in [0.25, 0.3) is 0 Å². The van der Waals surface area contributed by atoms with E-state index in [9.17, 15) is 0 Å². The quantitative estimate of drug-likeness (QED) is 0.690. The van der Waals surface area contributed by atoms with Gasteiger partial charge in [-0.15, -0.1) is 10.2 Å². The Kier molecular flexibility index (Phi) is 4.90. The number of hydrogen-bond donors (Lipinski definition) is 1. The summed E-state index contributed by atoms with van der Waals surface area (Å²) in [5.74, 6) is 2.42. The zero-order chi connectivity index (χ0) is 16.1. The van der Waals surface area contributed by atoms with Gasteiger partial charge >= 0.3 is 0 Å². The van der Waals surface area contributed by atoms with Crippen LogP contribution in [-0.4, -0.2) is 45.3 Å². The standard InChI is InChI=1S/C17H24N6/c1-3-18-17(19-11-16-21-20-13-22(16)2)23-10-9-15(12-23)14-7-5-4-6-8-14/h4-8,13,15H,3,9-12H2,1-2H3,(H,18,19). The van der Waals surface area contributed by atoms with E-state index in [1.54, 1.807) is 6.33 Å². The molecule has 1 aromatic heterocycles. The number of nitrogens with zero attached hydrogens (tertiary/aromatic N) is 5. The fraction of sp³-hybridized carbons (Fsp3) is 0.471. The zero-order valence-electron chi connectivity index (χ0n) is 13.8. The van der Waals surface area contributed by atoms with E-state index in [2.05, 4.69) is 57.7 Å². The van der Waals surface area contributed by atoms with Crippen molar-refractivity contribution < 1.29 is 0 Å². The highest BCUT2D eigenvalue weighted by Gasteiger charge is 2.25. The molecule has 0 amide bonds. The molecular weight excluding hydrogens is 288 g/mol. The van der Waals surface area contributed by atoms with Gasteiger partial charge in [-0.05, 0) is 18.9 Å². The molecule has 1 aliphatic heterocycles. The Balaban J connectivity index is 1.68. The third-order valence-electron chi connectivity index (χ3n) is 4.27. The molecule has 6 heteroatoms. The molecule has 6 nitrogen and oxygen atoms in total. The first-order valence-corrected chi connectivity index (χ1v) is 8.19. The van der Waals surface area contributed by atoms with Gasteiger partial charge < -0.3 is 14.8 Å². The number of nitrogens with one attached hydrogen (secondary N) is 1. The van der Waals surface area contributed by atoms with Crippen molar-refractivity contribution in [3.05, 3.63) is 48.0 Å². The molecule has 2 heterocycles. The van der Waals surface area contributed by atoms with Gasteiger partial charge in [-0.1, -0.05) is 30.3 Å². The average Bonchev–Trinajstić information content (AvgIpc) is 3.22. The molecule has 1 aromatic carbocycles. The molecule has 1 saturated heterocycles. The lowest BCUT2D eigenvalue weighted by atomic mass is 9.99. The van der Waals surface area contributed by atoms with Crippen molar-refractivity contribution in [2.75, 3.05) is 19.6 Å². The summed E-state index contributed by atoms with van der Waals surface area (Å²) in [6.07, 6.45) is 2.87. The molecule has 122 valence electrons. The second-order valence-electron chi connectivity index (χ2n) is 5.87. The molecule has 1 N–H and O–H groups in total. The predicted molar refractivity (Wildman–Crippen MR) is 91.2 cm³/mol. The largest absolute Gasteiger partial charge is 0.357 e. The summed E-state index contributed by atoms with van der Waals surface area (Å²) in [5, 5.41) is 11.4. The van der Waals surface area contributed by atoms with Crippen molar-refractivity contribution in [2.45, 2.75) is 25.8 Å². The number of aromatic nitrogens is 3. The van der Waals surface area contributed by atoms with Crippen molar-refractivity contribution in [3.8, 4) is 0 Å². The number of benzene rings is 1. The molecule has 1 fully saturated rings. The van der Waals surface area contributed by atoms with Crippen LogP contribution in [0.3, 0.4) is 0 Å². The SMILES string of the molecule is CCNC(=NCc1nncn1C)N1CCC(c2ccccc2)C1. The van der Waals surface area contributed by atoms with Gasteiger partial charge in [0, 0.05) is 32.6 Å². The summed E-state index contributed by atoms with van der Waals surface area (Å²) in [7, 11) is 1.94. The van der Waals surface area contributed by atoms with E-state index in [-0.39, 0.29) is 0 Å². The maximum atomic E-state index is 4.74. The Labute approximate surface area is 137 Å². The number of hydrogen-bond acceptors (Lipinski definition) is 3. The van der Waals surface area contributed by atoms with Crippen molar-refractivity contribution in [2.24, 2.45) is 12.0 Å². The van der Waals surface area contributed by atoms with Gasteiger partial charge in [-0.25, -0.2) is 4.99 Å². The highest BCUT2D eigenvalue weighted by Crippen LogP contribution is 2.26. The van der Waals surface area contributed by atoms with E-state index in [4.69, 9.17) is 4.99 Å². The molecule has 0 radical (unpaired) electrons. The molecule has 0 bridgehead atoms. The Morgan fingerprint density at radius 1 is 1.35 bits per heavy atom. The Bertz CT molecular complexity index is 648. The Morgan fingerprint density at radius 2 is 2.17 bits per heavy atom. The fourth-order valence-corrected chi connectivity index (χ4v) is 2.97. The van der Waals surface area contributed by atoms with Gasteiger partial charge in [0.05, 0.1) is 0 Å². The van der Waals surface area contributed by atoms with E-state index in [0.717, 1.165) is 31.4 Å². The molecule has 1 atom stereocenters. The molecule has 0 aliphatic carbocycles. The van der Waals surface area contributed by atoms with Crippen LogP contribution in [0.5, 0.6) is 0 Å². The average molecular weight is 312 g/mol. The minimum absolute atomic E-state index is 0.547. The smallest absolute Gasteiger partial charge is 0.194 e. The maximum Gasteiger partial charge on any atom is 0.194 e. The monoisotopic (exact) mass is 312 g/mol. The van der Waals surface area contributed by atoms with Crippen molar-refractivity contribution in [1.29, 1.82) is 0 Å². The molecule has 3 rings (SSSR count). The Morgan fingerprint density at radius 3 is 2.87 bits per heavy atom. The zero-order valence-corrected chi connectivity index (χ0v) is 13.8. The van der Waals surface area contributed by atoms with E-state index in [1.807, 2.05) is 11.6 Å². The lowest BCUT2D eigenvalue weighted by Crippen LogP contribution is -2.40. The molecular formula is C17H24N6. The van der Waals surface area contributed by atoms with Crippen molar-refractivity contribution in [3.63, 3.8) is 0 Å². The third kappa shape index (κ3) is 3.70. The number of aliphatic imine (C=N–C) groups is 1. The van der Waals surface area contributed by atoms with Gasteiger partial charge in [0.2, 0.25) is 0 Å². The summed E-state index contributed by atoms with van der Waals surface area (Å²) < 4.78 is 1.91. The molecule has 23 heavy (non-hydrogen) atoms. The fourth-order valence-electron chi connectivity index (χ4n) is 2.97. The van der Waals surface area contributed by atoms with Crippen LogP contribution in [0, 0.1) is 0 Å². The van der Waals surface area contributed by atoms with E-state index in [0.29, 0.717) is 12.5 Å². The van der Waals surface area contributed by atoms with Crippen LogP contribution >= 0.6 is 0 Å². The topological polar surface area (TPSA) is 58.3 Å². The number of aryl methyl sites for hydroxylation is 1. The summed E-state index contributed by atoms with van der Waals surface area (Å²) in [4.78, 5) is 7.08. The second kappa shape index (κ2) is 7.26. The normalized spacial score (nSPS) is 18.4. The number of likely N-dealkylation sites (tertiary alicyclic amines) is 1. The number of rotatable bonds is 4.